The summed E-state index contributed by atoms with van der Waals surface area (Å²) in [5, 5.41) is 8.74. The van der Waals surface area contributed by atoms with Gasteiger partial charge in [-0.1, -0.05) is 17.3 Å². The van der Waals surface area contributed by atoms with Crippen LogP contribution < -0.4 is 5.56 Å². The van der Waals surface area contributed by atoms with E-state index in [4.69, 9.17) is 0 Å². The average Bonchev–Trinajstić information content (AvgIpc) is 3.14. The lowest BCUT2D eigenvalue weighted by molar-refractivity contribution is 0.0748. The highest BCUT2D eigenvalue weighted by Gasteiger charge is 2.17. The zero-order valence-corrected chi connectivity index (χ0v) is 15.7. The Bertz CT molecular complexity index is 1230. The van der Waals surface area contributed by atoms with Crippen LogP contribution in [0.1, 0.15) is 30.0 Å². The topological polar surface area (TPSA) is 96.8 Å². The number of fused-ring (bicyclic) bond motifs is 2. The number of aromatic nitrogens is 5. The van der Waals surface area contributed by atoms with Crippen molar-refractivity contribution in [3.8, 4) is 0 Å². The van der Waals surface area contributed by atoms with Gasteiger partial charge in [-0.15, -0.1) is 5.10 Å². The number of hydrogen-bond acceptors (Lipinski definition) is 5. The second-order valence-electron chi connectivity index (χ2n) is 6.46. The van der Waals surface area contributed by atoms with Crippen molar-refractivity contribution < 1.29 is 4.79 Å². The van der Waals surface area contributed by atoms with Crippen molar-refractivity contribution in [3.63, 3.8) is 0 Å². The van der Waals surface area contributed by atoms with E-state index in [0.717, 1.165) is 5.52 Å². The van der Waals surface area contributed by atoms with Crippen LogP contribution in [0.4, 0.5) is 0 Å². The minimum Gasteiger partial charge on any atom is -0.331 e. The largest absolute Gasteiger partial charge is 0.331 e. The quantitative estimate of drug-likeness (QED) is 0.577. The first kappa shape index (κ1) is 17.8. The number of carbonyl (C=O) groups is 1. The summed E-state index contributed by atoms with van der Waals surface area (Å²) in [5.41, 5.74) is 2.51. The van der Waals surface area contributed by atoms with Crippen LogP contribution in [0.5, 0.6) is 0 Å². The molecule has 0 atom stereocenters. The molecule has 0 bridgehead atoms. The van der Waals surface area contributed by atoms with Gasteiger partial charge in [-0.2, -0.15) is 0 Å². The third-order valence-electron chi connectivity index (χ3n) is 4.73. The number of rotatable bonds is 5. The number of nitrogens with zero attached hydrogens (tertiary/aromatic N) is 5. The summed E-state index contributed by atoms with van der Waals surface area (Å²) in [4.78, 5) is 34.2. The number of aryl methyl sites for hydroxylation is 1. The van der Waals surface area contributed by atoms with E-state index in [2.05, 4.69) is 20.3 Å². The Balaban J connectivity index is 1.63. The number of nitrogens with one attached hydrogen (secondary N) is 1. The van der Waals surface area contributed by atoms with Gasteiger partial charge in [-0.25, -0.2) is 9.67 Å². The second kappa shape index (κ2) is 7.22. The third-order valence-corrected chi connectivity index (χ3v) is 4.73. The Labute approximate surface area is 160 Å². The van der Waals surface area contributed by atoms with Crippen LogP contribution in [0.25, 0.3) is 21.9 Å². The average molecular weight is 376 g/mol. The van der Waals surface area contributed by atoms with Crippen LogP contribution in [0.2, 0.25) is 0 Å². The number of benzene rings is 2. The molecule has 1 N–H and O–H groups in total. The number of H-pyrrole nitrogens is 1. The minimum absolute atomic E-state index is 0.147. The van der Waals surface area contributed by atoms with Gasteiger partial charge in [0.15, 0.2) is 0 Å². The van der Waals surface area contributed by atoms with Crippen LogP contribution >= 0.6 is 0 Å². The van der Waals surface area contributed by atoms with Gasteiger partial charge in [0, 0.05) is 18.7 Å². The molecule has 0 aliphatic rings. The van der Waals surface area contributed by atoms with Crippen LogP contribution in [0.3, 0.4) is 0 Å². The Morgan fingerprint density at radius 3 is 2.75 bits per heavy atom. The molecule has 2 aromatic heterocycles. The van der Waals surface area contributed by atoms with Gasteiger partial charge >= 0.3 is 0 Å². The molecule has 0 aliphatic heterocycles. The predicted octanol–water partition coefficient (Wildman–Crippen LogP) is 2.35. The van der Waals surface area contributed by atoms with E-state index in [1.807, 2.05) is 26.0 Å². The minimum atomic E-state index is -0.207. The van der Waals surface area contributed by atoms with Gasteiger partial charge in [0.05, 0.1) is 23.0 Å². The first-order valence-corrected chi connectivity index (χ1v) is 9.21. The van der Waals surface area contributed by atoms with Crippen molar-refractivity contribution in [1.82, 2.24) is 29.9 Å². The molecule has 28 heavy (non-hydrogen) atoms. The van der Waals surface area contributed by atoms with Gasteiger partial charge in [0.1, 0.15) is 11.3 Å². The summed E-state index contributed by atoms with van der Waals surface area (Å²) in [6.45, 7) is 5.29. The molecule has 1 amide bonds. The monoisotopic (exact) mass is 376 g/mol. The Morgan fingerprint density at radius 1 is 1.14 bits per heavy atom. The second-order valence-corrected chi connectivity index (χ2v) is 6.46. The molecule has 8 nitrogen and oxygen atoms in total. The van der Waals surface area contributed by atoms with E-state index in [0.29, 0.717) is 40.9 Å². The molecule has 4 aromatic rings. The molecular formula is C20H20N6O2. The highest BCUT2D eigenvalue weighted by atomic mass is 16.2. The fraction of sp³-hybridized carbons (Fsp3) is 0.250. The number of carbonyl (C=O) groups excluding carboxylic acids is 1. The van der Waals surface area contributed by atoms with Gasteiger partial charge in [0.25, 0.3) is 11.5 Å². The maximum atomic E-state index is 13.0. The summed E-state index contributed by atoms with van der Waals surface area (Å²) >= 11 is 0. The predicted molar refractivity (Wildman–Crippen MR) is 106 cm³/mol. The van der Waals surface area contributed by atoms with Crippen molar-refractivity contribution in [2.24, 2.45) is 0 Å². The number of hydrogen-bond donors (Lipinski definition) is 1. The molecule has 0 aliphatic carbocycles. The molecule has 0 saturated heterocycles. The van der Waals surface area contributed by atoms with Gasteiger partial charge in [0.2, 0.25) is 0 Å². The lowest BCUT2D eigenvalue weighted by Gasteiger charge is -2.20. The maximum Gasteiger partial charge on any atom is 0.258 e. The Hall–Kier alpha value is -3.55. The lowest BCUT2D eigenvalue weighted by Crippen LogP contribution is -2.32. The van der Waals surface area contributed by atoms with E-state index in [-0.39, 0.29) is 18.0 Å². The standard InChI is InChI=1S/C20H20N6O2/c1-3-25(12-18-21-15-8-6-5-7-14(15)19(27)22-18)20(28)13-9-10-17-16(11-13)23-24-26(17)4-2/h5-11H,3-4,12H2,1-2H3,(H,21,22,27). The molecular weight excluding hydrogens is 356 g/mol. The van der Waals surface area contributed by atoms with Gasteiger partial charge in [-0.05, 0) is 44.2 Å². The zero-order valence-electron chi connectivity index (χ0n) is 15.7. The molecule has 0 unspecified atom stereocenters. The van der Waals surface area contributed by atoms with Gasteiger partial charge in [-0.3, -0.25) is 9.59 Å². The van der Waals surface area contributed by atoms with E-state index >= 15 is 0 Å². The molecule has 0 saturated carbocycles. The molecule has 142 valence electrons. The fourth-order valence-corrected chi connectivity index (χ4v) is 3.24. The molecule has 8 heteroatoms. The van der Waals surface area contributed by atoms with E-state index < -0.39 is 0 Å². The number of amides is 1. The Kier molecular flexibility index (Phi) is 4.60. The van der Waals surface area contributed by atoms with Gasteiger partial charge < -0.3 is 9.88 Å². The summed E-state index contributed by atoms with van der Waals surface area (Å²) in [5.74, 6) is 0.308. The maximum absolute atomic E-state index is 13.0. The summed E-state index contributed by atoms with van der Waals surface area (Å²) < 4.78 is 1.78. The molecule has 2 aromatic carbocycles. The normalized spacial score (nSPS) is 11.2. The van der Waals surface area contributed by atoms with E-state index in [1.54, 1.807) is 39.9 Å². The van der Waals surface area contributed by atoms with Crippen LogP contribution in [0, 0.1) is 0 Å². The smallest absolute Gasteiger partial charge is 0.258 e. The van der Waals surface area contributed by atoms with Crippen molar-refractivity contribution >= 4 is 27.8 Å². The highest BCUT2D eigenvalue weighted by molar-refractivity contribution is 5.97. The summed E-state index contributed by atoms with van der Waals surface area (Å²) in [7, 11) is 0. The van der Waals surface area contributed by atoms with Crippen molar-refractivity contribution in [2.75, 3.05) is 6.54 Å². The third kappa shape index (κ3) is 3.13. The zero-order chi connectivity index (χ0) is 19.7. The van der Waals surface area contributed by atoms with Crippen molar-refractivity contribution in [2.45, 2.75) is 26.9 Å². The van der Waals surface area contributed by atoms with E-state index in [9.17, 15) is 9.59 Å². The summed E-state index contributed by atoms with van der Waals surface area (Å²) in [6, 6.07) is 12.5. The van der Waals surface area contributed by atoms with Crippen molar-refractivity contribution in [3.05, 3.63) is 64.2 Å². The Morgan fingerprint density at radius 2 is 1.96 bits per heavy atom. The fourth-order valence-electron chi connectivity index (χ4n) is 3.24. The molecule has 0 spiro atoms. The lowest BCUT2D eigenvalue weighted by atomic mass is 10.1. The van der Waals surface area contributed by atoms with Crippen LogP contribution in [-0.4, -0.2) is 42.3 Å². The molecule has 4 rings (SSSR count). The number of para-hydroxylation sites is 1. The first-order valence-electron chi connectivity index (χ1n) is 9.21. The van der Waals surface area contributed by atoms with Crippen LogP contribution in [0.15, 0.2) is 47.3 Å². The van der Waals surface area contributed by atoms with Crippen molar-refractivity contribution in [1.29, 1.82) is 0 Å². The SMILES string of the molecule is CCN(Cc1nc2ccccc2c(=O)[nH]1)C(=O)c1ccc2c(c1)nnn2CC. The van der Waals surface area contributed by atoms with E-state index in [1.165, 1.54) is 0 Å². The first-order chi connectivity index (χ1) is 13.6. The highest BCUT2D eigenvalue weighted by Crippen LogP contribution is 2.16. The molecule has 0 fully saturated rings. The summed E-state index contributed by atoms with van der Waals surface area (Å²) in [6.07, 6.45) is 0. The van der Waals surface area contributed by atoms with Crippen LogP contribution in [-0.2, 0) is 13.1 Å². The molecule has 0 radical (unpaired) electrons. The number of aromatic amines is 1. The molecule has 2 heterocycles.